The van der Waals surface area contributed by atoms with Crippen molar-refractivity contribution in [3.63, 3.8) is 0 Å². The van der Waals surface area contributed by atoms with E-state index in [2.05, 4.69) is 26.7 Å². The summed E-state index contributed by atoms with van der Waals surface area (Å²) in [5.74, 6) is 0. The summed E-state index contributed by atoms with van der Waals surface area (Å²) in [5, 5.41) is 0. The molecule has 0 bridgehead atoms. The normalized spacial score (nSPS) is 28.8. The Bertz CT molecular complexity index is 103. The highest BCUT2D eigenvalue weighted by molar-refractivity contribution is 9.07. The molecule has 2 heteroatoms. The zero-order valence-corrected chi connectivity index (χ0v) is 7.10. The molecule has 1 aliphatic rings. The molecule has 0 aromatic carbocycles. The van der Waals surface area contributed by atoms with E-state index in [4.69, 9.17) is 0 Å². The lowest BCUT2D eigenvalue weighted by Crippen LogP contribution is -2.17. The van der Waals surface area contributed by atoms with Crippen LogP contribution in [0.15, 0.2) is 12.7 Å². The Labute approximate surface area is 65.1 Å². The number of hydrogen-bond acceptors (Lipinski definition) is 1. The van der Waals surface area contributed by atoms with Gasteiger partial charge in [0.25, 0.3) is 0 Å². The minimum atomic E-state index is 0.711. The van der Waals surface area contributed by atoms with E-state index < -0.39 is 0 Å². The van der Waals surface area contributed by atoms with Crippen LogP contribution in [-0.4, -0.2) is 16.5 Å². The van der Waals surface area contributed by atoms with Gasteiger partial charge in [-0.15, -0.1) is 6.58 Å². The first-order valence-corrected chi connectivity index (χ1v) is 4.09. The molecule has 52 valence electrons. The molecule has 1 atom stereocenters. The van der Waals surface area contributed by atoms with Crippen LogP contribution in [0.4, 0.5) is 0 Å². The molecular formula is C7H12BrN. The first-order chi connectivity index (χ1) is 4.34. The Balaban J connectivity index is 2.30. The highest BCUT2D eigenvalue weighted by Gasteiger charge is 2.20. The van der Waals surface area contributed by atoms with E-state index in [1.165, 1.54) is 19.4 Å². The maximum Gasteiger partial charge on any atom is 0.0240 e. The minimum Gasteiger partial charge on any atom is -0.239 e. The summed E-state index contributed by atoms with van der Waals surface area (Å²) < 4.78 is 2.23. The average Bonchev–Trinajstić information content (AvgIpc) is 2.18. The van der Waals surface area contributed by atoms with Crippen molar-refractivity contribution in [2.75, 3.05) is 6.54 Å². The van der Waals surface area contributed by atoms with Gasteiger partial charge in [0.2, 0.25) is 0 Å². The monoisotopic (exact) mass is 189 g/mol. The Hall–Kier alpha value is 0.180. The predicted molar refractivity (Wildman–Crippen MR) is 43.5 cm³/mol. The van der Waals surface area contributed by atoms with Gasteiger partial charge in [-0.3, -0.25) is 0 Å². The lowest BCUT2D eigenvalue weighted by atomic mass is 10.2. The van der Waals surface area contributed by atoms with Gasteiger partial charge >= 0.3 is 0 Å². The van der Waals surface area contributed by atoms with Crippen molar-refractivity contribution in [3.05, 3.63) is 12.7 Å². The molecule has 0 aliphatic carbocycles. The van der Waals surface area contributed by atoms with E-state index in [0.717, 1.165) is 6.42 Å². The van der Waals surface area contributed by atoms with Gasteiger partial charge in [0, 0.05) is 28.7 Å². The van der Waals surface area contributed by atoms with Gasteiger partial charge in [-0.05, 0) is 19.3 Å². The largest absolute Gasteiger partial charge is 0.239 e. The van der Waals surface area contributed by atoms with Gasteiger partial charge in [0.05, 0.1) is 0 Å². The maximum atomic E-state index is 3.71. The quantitative estimate of drug-likeness (QED) is 0.477. The molecule has 0 amide bonds. The van der Waals surface area contributed by atoms with E-state index in [1.54, 1.807) is 0 Å². The summed E-state index contributed by atoms with van der Waals surface area (Å²) in [6.07, 6.45) is 5.75. The van der Waals surface area contributed by atoms with Crippen molar-refractivity contribution >= 4 is 16.1 Å². The third-order valence-corrected chi connectivity index (χ3v) is 2.68. The second-order valence-electron chi connectivity index (χ2n) is 2.44. The van der Waals surface area contributed by atoms with E-state index in [0.29, 0.717) is 6.04 Å². The Kier molecular flexibility index (Phi) is 2.73. The van der Waals surface area contributed by atoms with Gasteiger partial charge in [-0.25, -0.2) is 3.93 Å². The van der Waals surface area contributed by atoms with Crippen molar-refractivity contribution in [3.8, 4) is 0 Å². The smallest absolute Gasteiger partial charge is 0.0240 e. The molecule has 0 spiro atoms. The maximum absolute atomic E-state index is 3.71. The molecule has 1 unspecified atom stereocenters. The van der Waals surface area contributed by atoms with Crippen molar-refractivity contribution in [2.45, 2.75) is 25.3 Å². The van der Waals surface area contributed by atoms with Crippen LogP contribution in [0.5, 0.6) is 0 Å². The number of nitrogens with zero attached hydrogens (tertiary/aromatic N) is 1. The molecular weight excluding hydrogens is 178 g/mol. The van der Waals surface area contributed by atoms with E-state index >= 15 is 0 Å². The summed E-state index contributed by atoms with van der Waals surface area (Å²) >= 11 is 3.49. The number of hydrogen-bond donors (Lipinski definition) is 0. The molecule has 0 N–H and O–H groups in total. The summed E-state index contributed by atoms with van der Waals surface area (Å²) in [6, 6.07) is 0.711. The summed E-state index contributed by atoms with van der Waals surface area (Å²) in [4.78, 5) is 0. The second kappa shape index (κ2) is 3.37. The van der Waals surface area contributed by atoms with Crippen LogP contribution in [0.1, 0.15) is 19.3 Å². The van der Waals surface area contributed by atoms with Crippen LogP contribution in [0.2, 0.25) is 0 Å². The fourth-order valence-electron chi connectivity index (χ4n) is 1.23. The molecule has 1 aliphatic heterocycles. The zero-order valence-electron chi connectivity index (χ0n) is 5.52. The van der Waals surface area contributed by atoms with Crippen LogP contribution in [-0.2, 0) is 0 Å². The lowest BCUT2D eigenvalue weighted by molar-refractivity contribution is 0.455. The van der Waals surface area contributed by atoms with Crippen LogP contribution in [0, 0.1) is 0 Å². The fourth-order valence-corrected chi connectivity index (χ4v) is 1.85. The Morgan fingerprint density at radius 3 is 3.00 bits per heavy atom. The molecule has 0 radical (unpaired) electrons. The third kappa shape index (κ3) is 1.80. The summed E-state index contributed by atoms with van der Waals surface area (Å²) in [5.41, 5.74) is 0. The van der Waals surface area contributed by atoms with Gasteiger partial charge < -0.3 is 0 Å². The Morgan fingerprint density at radius 2 is 2.56 bits per heavy atom. The number of rotatable bonds is 2. The van der Waals surface area contributed by atoms with Gasteiger partial charge in [-0.1, -0.05) is 6.08 Å². The van der Waals surface area contributed by atoms with Gasteiger partial charge in [0.15, 0.2) is 0 Å². The molecule has 1 nitrogen and oxygen atoms in total. The highest BCUT2D eigenvalue weighted by atomic mass is 79.9. The van der Waals surface area contributed by atoms with Crippen LogP contribution in [0.25, 0.3) is 0 Å². The molecule has 1 heterocycles. The van der Waals surface area contributed by atoms with Crippen LogP contribution >= 0.6 is 16.1 Å². The average molecular weight is 190 g/mol. The van der Waals surface area contributed by atoms with Crippen molar-refractivity contribution in [2.24, 2.45) is 0 Å². The Morgan fingerprint density at radius 1 is 1.78 bits per heavy atom. The van der Waals surface area contributed by atoms with Crippen LogP contribution in [0.3, 0.4) is 0 Å². The fraction of sp³-hybridized carbons (Fsp3) is 0.714. The van der Waals surface area contributed by atoms with E-state index in [1.807, 2.05) is 6.08 Å². The van der Waals surface area contributed by atoms with E-state index in [-0.39, 0.29) is 0 Å². The molecule has 0 saturated carbocycles. The van der Waals surface area contributed by atoms with E-state index in [9.17, 15) is 0 Å². The molecule has 9 heavy (non-hydrogen) atoms. The molecule has 1 fully saturated rings. The third-order valence-electron chi connectivity index (χ3n) is 1.74. The molecule has 0 aromatic rings. The van der Waals surface area contributed by atoms with Crippen molar-refractivity contribution in [1.29, 1.82) is 0 Å². The first-order valence-electron chi connectivity index (χ1n) is 3.38. The second-order valence-corrected chi connectivity index (χ2v) is 3.35. The van der Waals surface area contributed by atoms with Gasteiger partial charge in [0.1, 0.15) is 0 Å². The summed E-state index contributed by atoms with van der Waals surface area (Å²) in [7, 11) is 0. The summed E-state index contributed by atoms with van der Waals surface area (Å²) in [6.45, 7) is 4.90. The van der Waals surface area contributed by atoms with Crippen LogP contribution < -0.4 is 0 Å². The SMILES string of the molecule is C=CCC1CCCN1Br. The zero-order chi connectivity index (χ0) is 6.69. The minimum absolute atomic E-state index is 0.711. The predicted octanol–water partition coefficient (Wildman–Crippen LogP) is 2.34. The van der Waals surface area contributed by atoms with Crippen molar-refractivity contribution < 1.29 is 0 Å². The van der Waals surface area contributed by atoms with Gasteiger partial charge in [-0.2, -0.15) is 0 Å². The highest BCUT2D eigenvalue weighted by Crippen LogP contribution is 2.22. The van der Waals surface area contributed by atoms with Crippen molar-refractivity contribution in [1.82, 2.24) is 3.93 Å². The molecule has 1 saturated heterocycles. The first kappa shape index (κ1) is 7.29. The lowest BCUT2D eigenvalue weighted by Gasteiger charge is -2.13. The molecule has 1 rings (SSSR count). The topological polar surface area (TPSA) is 3.24 Å². The number of halogens is 1. The standard InChI is InChI=1S/C7H12BrN/c1-2-4-7-5-3-6-9(7)8/h2,7H,1,3-6H2. The molecule has 0 aromatic heterocycles.